The lowest BCUT2D eigenvalue weighted by Crippen LogP contribution is -2.04. The van der Waals surface area contributed by atoms with E-state index in [2.05, 4.69) is 9.68 Å². The first-order valence-electron chi connectivity index (χ1n) is 3.57. The normalized spacial score (nSPS) is 10.7. The number of aromatic carboxylic acids is 1. The highest BCUT2D eigenvalue weighted by Crippen LogP contribution is 2.23. The number of rotatable bonds is 1. The summed E-state index contributed by atoms with van der Waals surface area (Å²) < 4.78 is 30.8. The predicted octanol–water partition coefficient (Wildman–Crippen LogP) is 1.80. The molecule has 1 aromatic heterocycles. The Morgan fingerprint density at radius 3 is 2.86 bits per heavy atom. The molecule has 6 heteroatoms. The third-order valence-electron chi connectivity index (χ3n) is 1.76. The Labute approximate surface area is 75.7 Å². The van der Waals surface area contributed by atoms with E-state index in [1.54, 1.807) is 0 Å². The van der Waals surface area contributed by atoms with Crippen LogP contribution in [0.1, 0.15) is 10.4 Å². The zero-order chi connectivity index (χ0) is 10.3. The summed E-state index contributed by atoms with van der Waals surface area (Å²) in [5.74, 6) is -4.02. The highest BCUT2D eigenvalue weighted by Gasteiger charge is 2.21. The van der Waals surface area contributed by atoms with Gasteiger partial charge in [0, 0.05) is 6.07 Å². The van der Waals surface area contributed by atoms with Crippen LogP contribution in [-0.4, -0.2) is 16.2 Å². The summed E-state index contributed by atoms with van der Waals surface area (Å²) in [6, 6.07) is 0.787. The van der Waals surface area contributed by atoms with Gasteiger partial charge in [0.2, 0.25) is 0 Å². The molecule has 0 saturated carbocycles. The number of carbonyl (C=O) groups is 1. The van der Waals surface area contributed by atoms with Gasteiger partial charge < -0.3 is 9.63 Å². The van der Waals surface area contributed by atoms with Crippen molar-refractivity contribution < 1.29 is 23.2 Å². The van der Waals surface area contributed by atoms with Gasteiger partial charge in [0.1, 0.15) is 11.4 Å². The van der Waals surface area contributed by atoms with Gasteiger partial charge in [0.15, 0.2) is 11.4 Å². The molecule has 72 valence electrons. The third kappa shape index (κ3) is 1.04. The maximum Gasteiger partial charge on any atom is 0.341 e. The Morgan fingerprint density at radius 2 is 2.21 bits per heavy atom. The molecule has 2 aromatic rings. The molecule has 0 aliphatic carbocycles. The lowest BCUT2D eigenvalue weighted by Gasteiger charge is -1.98. The SMILES string of the molecule is O=C(O)c1c(F)cc2oncc2c1F. The predicted molar refractivity (Wildman–Crippen MR) is 40.9 cm³/mol. The van der Waals surface area contributed by atoms with Crippen molar-refractivity contribution >= 4 is 16.9 Å². The van der Waals surface area contributed by atoms with Gasteiger partial charge in [-0.25, -0.2) is 13.6 Å². The van der Waals surface area contributed by atoms with Gasteiger partial charge in [-0.1, -0.05) is 5.16 Å². The summed E-state index contributed by atoms with van der Waals surface area (Å²) in [7, 11) is 0. The van der Waals surface area contributed by atoms with Crippen molar-refractivity contribution in [2.24, 2.45) is 0 Å². The average molecular weight is 199 g/mol. The van der Waals surface area contributed by atoms with Gasteiger partial charge in [-0.2, -0.15) is 0 Å². The fraction of sp³-hybridized carbons (Fsp3) is 0. The van der Waals surface area contributed by atoms with Gasteiger partial charge in [0.05, 0.1) is 11.6 Å². The monoisotopic (exact) mass is 199 g/mol. The summed E-state index contributed by atoms with van der Waals surface area (Å²) in [6.07, 6.45) is 0.997. The van der Waals surface area contributed by atoms with Gasteiger partial charge >= 0.3 is 5.97 Å². The first-order chi connectivity index (χ1) is 6.61. The van der Waals surface area contributed by atoms with E-state index in [0.29, 0.717) is 0 Å². The largest absolute Gasteiger partial charge is 0.477 e. The minimum absolute atomic E-state index is 0.120. The smallest absolute Gasteiger partial charge is 0.341 e. The molecule has 0 amide bonds. The highest BCUT2D eigenvalue weighted by molar-refractivity contribution is 5.93. The summed E-state index contributed by atoms with van der Waals surface area (Å²) in [4.78, 5) is 10.5. The maximum absolute atomic E-state index is 13.3. The second kappa shape index (κ2) is 2.76. The minimum Gasteiger partial charge on any atom is -0.477 e. The lowest BCUT2D eigenvalue weighted by atomic mass is 10.1. The summed E-state index contributed by atoms with van der Waals surface area (Å²) in [5.41, 5.74) is -1.12. The van der Waals surface area contributed by atoms with E-state index in [4.69, 9.17) is 5.11 Å². The molecule has 0 aliphatic rings. The van der Waals surface area contributed by atoms with Crippen LogP contribution in [0, 0.1) is 11.6 Å². The number of hydrogen-bond acceptors (Lipinski definition) is 3. The molecular formula is C8H3F2NO3. The zero-order valence-electron chi connectivity index (χ0n) is 6.62. The fourth-order valence-corrected chi connectivity index (χ4v) is 1.14. The van der Waals surface area contributed by atoms with Gasteiger partial charge in [-0.05, 0) is 0 Å². The maximum atomic E-state index is 13.3. The molecule has 0 bridgehead atoms. The quantitative estimate of drug-likeness (QED) is 0.760. The standard InChI is InChI=1S/C8H3F2NO3/c9-4-1-5-3(2-11-14-5)7(10)6(4)8(12)13/h1-2H,(H,12,13). The van der Waals surface area contributed by atoms with E-state index >= 15 is 0 Å². The molecule has 0 atom stereocenters. The molecule has 1 N–H and O–H groups in total. The summed E-state index contributed by atoms with van der Waals surface area (Å²) in [5, 5.41) is 11.6. The van der Waals surface area contributed by atoms with Gasteiger partial charge in [-0.3, -0.25) is 0 Å². The number of fused-ring (bicyclic) bond motifs is 1. The second-order valence-electron chi connectivity index (χ2n) is 2.59. The molecular weight excluding hydrogens is 196 g/mol. The molecule has 0 saturated heterocycles. The van der Waals surface area contributed by atoms with Crippen LogP contribution in [0.5, 0.6) is 0 Å². The lowest BCUT2D eigenvalue weighted by molar-refractivity contribution is 0.0687. The molecule has 0 unspecified atom stereocenters. The minimum atomic E-state index is -1.66. The van der Waals surface area contributed by atoms with Gasteiger partial charge in [-0.15, -0.1) is 0 Å². The topological polar surface area (TPSA) is 63.3 Å². The van der Waals surface area contributed by atoms with Crippen molar-refractivity contribution in [3.8, 4) is 0 Å². The molecule has 0 radical (unpaired) electrons. The Morgan fingerprint density at radius 1 is 1.50 bits per heavy atom. The number of carboxylic acid groups (broad SMARTS) is 1. The van der Waals surface area contributed by atoms with Crippen LogP contribution < -0.4 is 0 Å². The molecule has 0 spiro atoms. The van der Waals surface area contributed by atoms with E-state index in [-0.39, 0.29) is 11.0 Å². The third-order valence-corrected chi connectivity index (χ3v) is 1.76. The van der Waals surface area contributed by atoms with E-state index < -0.39 is 23.2 Å². The Kier molecular flexibility index (Phi) is 1.70. The Balaban J connectivity index is 2.89. The molecule has 2 rings (SSSR count). The molecule has 0 fully saturated rings. The van der Waals surface area contributed by atoms with Gasteiger partial charge in [0.25, 0.3) is 0 Å². The molecule has 1 aromatic carbocycles. The number of halogens is 2. The first kappa shape index (κ1) is 8.61. The molecule has 0 aliphatic heterocycles. The highest BCUT2D eigenvalue weighted by atomic mass is 19.1. The van der Waals surface area contributed by atoms with Crippen molar-refractivity contribution in [2.45, 2.75) is 0 Å². The molecule has 4 nitrogen and oxygen atoms in total. The van der Waals surface area contributed by atoms with Crippen LogP contribution >= 0.6 is 0 Å². The van der Waals surface area contributed by atoms with Crippen LogP contribution in [0.2, 0.25) is 0 Å². The number of nitrogens with zero attached hydrogens (tertiary/aromatic N) is 1. The van der Waals surface area contributed by atoms with Crippen molar-refractivity contribution in [1.82, 2.24) is 5.16 Å². The van der Waals surface area contributed by atoms with Crippen molar-refractivity contribution in [2.75, 3.05) is 0 Å². The Bertz CT molecular complexity index is 521. The first-order valence-corrected chi connectivity index (χ1v) is 3.57. The number of benzene rings is 1. The van der Waals surface area contributed by atoms with E-state index in [0.717, 1.165) is 12.3 Å². The van der Waals surface area contributed by atoms with Crippen LogP contribution in [0.25, 0.3) is 11.0 Å². The average Bonchev–Trinajstić information content (AvgIpc) is 2.50. The van der Waals surface area contributed by atoms with E-state index in [1.807, 2.05) is 0 Å². The zero-order valence-corrected chi connectivity index (χ0v) is 6.62. The van der Waals surface area contributed by atoms with E-state index in [1.165, 1.54) is 0 Å². The van der Waals surface area contributed by atoms with Crippen LogP contribution in [0.15, 0.2) is 16.8 Å². The van der Waals surface area contributed by atoms with Crippen molar-refractivity contribution in [3.63, 3.8) is 0 Å². The van der Waals surface area contributed by atoms with Crippen LogP contribution in [0.4, 0.5) is 8.78 Å². The number of carboxylic acids is 1. The summed E-state index contributed by atoms with van der Waals surface area (Å²) >= 11 is 0. The number of aromatic nitrogens is 1. The Hall–Kier alpha value is -1.98. The van der Waals surface area contributed by atoms with Crippen molar-refractivity contribution in [1.29, 1.82) is 0 Å². The second-order valence-corrected chi connectivity index (χ2v) is 2.59. The molecule has 1 heterocycles. The number of hydrogen-bond donors (Lipinski definition) is 1. The molecule has 14 heavy (non-hydrogen) atoms. The van der Waals surface area contributed by atoms with Crippen LogP contribution in [-0.2, 0) is 0 Å². The van der Waals surface area contributed by atoms with Crippen molar-refractivity contribution in [3.05, 3.63) is 29.5 Å². The summed E-state index contributed by atoms with van der Waals surface area (Å²) in [6.45, 7) is 0. The van der Waals surface area contributed by atoms with Crippen LogP contribution in [0.3, 0.4) is 0 Å². The van der Waals surface area contributed by atoms with E-state index in [9.17, 15) is 13.6 Å². The fourth-order valence-electron chi connectivity index (χ4n) is 1.14.